The fourth-order valence-electron chi connectivity index (χ4n) is 1.78. The van der Waals surface area contributed by atoms with Crippen LogP contribution in [0.3, 0.4) is 0 Å². The summed E-state index contributed by atoms with van der Waals surface area (Å²) in [5, 5.41) is 2.67. The van der Waals surface area contributed by atoms with Crippen molar-refractivity contribution in [3.8, 4) is 0 Å². The highest BCUT2D eigenvalue weighted by molar-refractivity contribution is 7.98. The lowest BCUT2D eigenvalue weighted by Crippen LogP contribution is -2.48. The molecule has 1 aromatic rings. The van der Waals surface area contributed by atoms with Gasteiger partial charge < -0.3 is 5.32 Å². The maximum Gasteiger partial charge on any atom is 0.244 e. The molecular formula is C14H21FN2O3S2. The lowest BCUT2D eigenvalue weighted by atomic mass is 10.2. The number of nitrogens with one attached hydrogen (secondary N) is 2. The van der Waals surface area contributed by atoms with Gasteiger partial charge in [0.05, 0.1) is 0 Å². The van der Waals surface area contributed by atoms with Crippen molar-refractivity contribution in [2.24, 2.45) is 0 Å². The van der Waals surface area contributed by atoms with Crippen molar-refractivity contribution in [1.29, 1.82) is 0 Å². The Labute approximate surface area is 135 Å². The van der Waals surface area contributed by atoms with Crippen molar-refractivity contribution >= 4 is 27.7 Å². The summed E-state index contributed by atoms with van der Waals surface area (Å²) < 4.78 is 40.5. The van der Waals surface area contributed by atoms with E-state index in [1.165, 1.54) is 30.0 Å². The van der Waals surface area contributed by atoms with E-state index >= 15 is 0 Å². The number of amides is 1. The number of rotatable bonds is 8. The Morgan fingerprint density at radius 3 is 2.50 bits per heavy atom. The fourth-order valence-corrected chi connectivity index (χ4v) is 3.56. The van der Waals surface area contributed by atoms with Crippen LogP contribution in [0.4, 0.5) is 4.39 Å². The summed E-state index contributed by atoms with van der Waals surface area (Å²) in [6.07, 6.45) is 2.19. The van der Waals surface area contributed by atoms with Crippen LogP contribution >= 0.6 is 11.8 Å². The number of hydrogen-bond acceptors (Lipinski definition) is 4. The van der Waals surface area contributed by atoms with E-state index in [0.717, 1.165) is 6.07 Å². The molecule has 8 heteroatoms. The Morgan fingerprint density at radius 1 is 1.32 bits per heavy atom. The maximum absolute atomic E-state index is 13.7. The molecule has 0 aliphatic carbocycles. The van der Waals surface area contributed by atoms with Crippen LogP contribution in [0.2, 0.25) is 0 Å². The summed E-state index contributed by atoms with van der Waals surface area (Å²) in [5.41, 5.74) is 0. The van der Waals surface area contributed by atoms with Gasteiger partial charge in [-0.2, -0.15) is 16.5 Å². The van der Waals surface area contributed by atoms with Gasteiger partial charge in [0.1, 0.15) is 16.8 Å². The minimum absolute atomic E-state index is 0.109. The largest absolute Gasteiger partial charge is 0.353 e. The number of hydrogen-bond donors (Lipinski definition) is 2. The Morgan fingerprint density at radius 2 is 1.95 bits per heavy atom. The molecule has 0 spiro atoms. The SMILES string of the molecule is CSCCC(NS(=O)(=O)c1ccccc1F)C(=O)NC(C)C. The molecule has 1 rings (SSSR count). The van der Waals surface area contributed by atoms with E-state index in [0.29, 0.717) is 12.2 Å². The first-order chi connectivity index (χ1) is 10.3. The molecule has 0 aliphatic rings. The van der Waals surface area contributed by atoms with Gasteiger partial charge in [0.25, 0.3) is 0 Å². The highest BCUT2D eigenvalue weighted by Crippen LogP contribution is 2.15. The third-order valence-corrected chi connectivity index (χ3v) is 4.93. The normalized spacial score (nSPS) is 13.1. The third kappa shape index (κ3) is 5.58. The predicted molar refractivity (Wildman–Crippen MR) is 86.8 cm³/mol. The molecule has 0 fully saturated rings. The van der Waals surface area contributed by atoms with Crippen LogP contribution < -0.4 is 10.0 Å². The van der Waals surface area contributed by atoms with Crippen molar-refractivity contribution in [3.05, 3.63) is 30.1 Å². The summed E-state index contributed by atoms with van der Waals surface area (Å²) in [4.78, 5) is 11.7. The number of carbonyl (C=O) groups is 1. The Balaban J connectivity index is 2.97. The number of thioether (sulfide) groups is 1. The van der Waals surface area contributed by atoms with Crippen LogP contribution in [-0.4, -0.2) is 38.4 Å². The molecule has 22 heavy (non-hydrogen) atoms. The number of carbonyl (C=O) groups excluding carboxylic acids is 1. The fraction of sp³-hybridized carbons (Fsp3) is 0.500. The summed E-state index contributed by atoms with van der Waals surface area (Å²) >= 11 is 1.50. The van der Waals surface area contributed by atoms with E-state index in [1.807, 2.05) is 6.26 Å². The monoisotopic (exact) mass is 348 g/mol. The number of halogens is 1. The van der Waals surface area contributed by atoms with Crippen molar-refractivity contribution in [2.45, 2.75) is 37.2 Å². The Kier molecular flexibility index (Phi) is 7.31. The summed E-state index contributed by atoms with van der Waals surface area (Å²) in [6.45, 7) is 3.57. The predicted octanol–water partition coefficient (Wildman–Crippen LogP) is 1.75. The van der Waals surface area contributed by atoms with Crippen molar-refractivity contribution < 1.29 is 17.6 Å². The van der Waals surface area contributed by atoms with Gasteiger partial charge in [-0.15, -0.1) is 0 Å². The zero-order chi connectivity index (χ0) is 16.8. The smallest absolute Gasteiger partial charge is 0.244 e. The third-order valence-electron chi connectivity index (χ3n) is 2.78. The summed E-state index contributed by atoms with van der Waals surface area (Å²) in [5.74, 6) is -0.650. The zero-order valence-corrected chi connectivity index (χ0v) is 14.4. The minimum Gasteiger partial charge on any atom is -0.353 e. The molecule has 124 valence electrons. The van der Waals surface area contributed by atoms with E-state index in [2.05, 4.69) is 10.0 Å². The van der Waals surface area contributed by atoms with Gasteiger partial charge in [0.2, 0.25) is 15.9 Å². The Bertz CT molecular complexity index is 606. The first-order valence-corrected chi connectivity index (χ1v) is 9.71. The molecule has 0 bridgehead atoms. The average molecular weight is 348 g/mol. The average Bonchev–Trinajstić information content (AvgIpc) is 2.42. The van der Waals surface area contributed by atoms with Gasteiger partial charge in [-0.05, 0) is 44.4 Å². The molecule has 0 heterocycles. The molecule has 5 nitrogen and oxygen atoms in total. The van der Waals surface area contributed by atoms with Crippen molar-refractivity contribution in [2.75, 3.05) is 12.0 Å². The highest BCUT2D eigenvalue weighted by Gasteiger charge is 2.27. The van der Waals surface area contributed by atoms with Crippen LogP contribution in [0.15, 0.2) is 29.2 Å². The minimum atomic E-state index is -4.10. The quantitative estimate of drug-likeness (QED) is 0.750. The van der Waals surface area contributed by atoms with Crippen LogP contribution in [0.1, 0.15) is 20.3 Å². The zero-order valence-electron chi connectivity index (χ0n) is 12.8. The molecule has 2 N–H and O–H groups in total. The van der Waals surface area contributed by atoms with E-state index in [-0.39, 0.29) is 6.04 Å². The lowest BCUT2D eigenvalue weighted by Gasteiger charge is -2.19. The van der Waals surface area contributed by atoms with E-state index in [1.54, 1.807) is 13.8 Å². The van der Waals surface area contributed by atoms with Gasteiger partial charge in [-0.1, -0.05) is 12.1 Å². The van der Waals surface area contributed by atoms with E-state index in [9.17, 15) is 17.6 Å². The van der Waals surface area contributed by atoms with E-state index < -0.39 is 32.7 Å². The van der Waals surface area contributed by atoms with Crippen LogP contribution in [0, 0.1) is 5.82 Å². The second kappa shape index (κ2) is 8.50. The topological polar surface area (TPSA) is 75.3 Å². The molecule has 1 unspecified atom stereocenters. The second-order valence-corrected chi connectivity index (χ2v) is 7.72. The molecule has 1 atom stereocenters. The first kappa shape index (κ1) is 18.9. The molecule has 0 radical (unpaired) electrons. The molecule has 0 saturated carbocycles. The van der Waals surface area contributed by atoms with Crippen LogP contribution in [0.25, 0.3) is 0 Å². The standard InChI is InChI=1S/C14H21FN2O3S2/c1-10(2)16-14(18)12(8-9-21-3)17-22(19,20)13-7-5-4-6-11(13)15/h4-7,10,12,17H,8-9H2,1-3H3,(H,16,18). The lowest BCUT2D eigenvalue weighted by molar-refractivity contribution is -0.123. The summed E-state index contributed by atoms with van der Waals surface area (Å²) in [6, 6.07) is 4.04. The number of benzene rings is 1. The molecule has 1 amide bonds. The van der Waals surface area contributed by atoms with Gasteiger partial charge in [0.15, 0.2) is 0 Å². The van der Waals surface area contributed by atoms with Gasteiger partial charge in [0, 0.05) is 6.04 Å². The van der Waals surface area contributed by atoms with Crippen molar-refractivity contribution in [3.63, 3.8) is 0 Å². The Hall–Kier alpha value is -1.12. The highest BCUT2D eigenvalue weighted by atomic mass is 32.2. The maximum atomic E-state index is 13.7. The molecule has 0 saturated heterocycles. The molecule has 1 aromatic carbocycles. The van der Waals surface area contributed by atoms with Crippen LogP contribution in [0.5, 0.6) is 0 Å². The first-order valence-electron chi connectivity index (χ1n) is 6.84. The van der Waals surface area contributed by atoms with Gasteiger partial charge in [-0.25, -0.2) is 12.8 Å². The van der Waals surface area contributed by atoms with E-state index in [4.69, 9.17) is 0 Å². The van der Waals surface area contributed by atoms with Gasteiger partial charge in [-0.3, -0.25) is 4.79 Å². The molecule has 0 aliphatic heterocycles. The number of sulfonamides is 1. The van der Waals surface area contributed by atoms with Gasteiger partial charge >= 0.3 is 0 Å². The van der Waals surface area contributed by atoms with Crippen LogP contribution in [-0.2, 0) is 14.8 Å². The molecule has 0 aromatic heterocycles. The summed E-state index contributed by atoms with van der Waals surface area (Å²) in [7, 11) is -4.10. The second-order valence-electron chi connectivity index (χ2n) is 5.05. The van der Waals surface area contributed by atoms with Crippen molar-refractivity contribution in [1.82, 2.24) is 10.0 Å². The molecular weight excluding hydrogens is 327 g/mol.